The van der Waals surface area contributed by atoms with Crippen molar-refractivity contribution in [2.75, 3.05) is 23.1 Å². The normalized spacial score (nSPS) is 10.1. The first kappa shape index (κ1) is 18.8. The van der Waals surface area contributed by atoms with Crippen LogP contribution in [0.4, 0.5) is 28.8 Å². The zero-order chi connectivity index (χ0) is 19.9. The molecule has 0 bridgehead atoms. The van der Waals surface area contributed by atoms with Gasteiger partial charge in [0.05, 0.1) is 18.4 Å². The minimum absolute atomic E-state index is 0.144. The Kier molecular flexibility index (Phi) is 5.81. The summed E-state index contributed by atoms with van der Waals surface area (Å²) in [5.41, 5.74) is 2.36. The van der Waals surface area contributed by atoms with Crippen molar-refractivity contribution in [3.63, 3.8) is 0 Å². The Bertz CT molecular complexity index is 1010. The van der Waals surface area contributed by atoms with E-state index in [1.807, 2.05) is 12.1 Å². The molecule has 0 spiro atoms. The molecule has 0 saturated heterocycles. The van der Waals surface area contributed by atoms with E-state index >= 15 is 0 Å². The van der Waals surface area contributed by atoms with E-state index in [9.17, 15) is 9.59 Å². The van der Waals surface area contributed by atoms with Gasteiger partial charge >= 0.3 is 5.97 Å². The fourth-order valence-electron chi connectivity index (χ4n) is 2.51. The molecule has 8 nitrogen and oxygen atoms in total. The van der Waals surface area contributed by atoms with Gasteiger partial charge < -0.3 is 20.7 Å². The average molecular weight is 377 g/mol. The minimum Gasteiger partial charge on any atom is -0.465 e. The Morgan fingerprint density at radius 2 is 1.75 bits per heavy atom. The summed E-state index contributed by atoms with van der Waals surface area (Å²) in [4.78, 5) is 31.7. The highest BCUT2D eigenvalue weighted by Gasteiger charge is 2.12. The molecule has 142 valence electrons. The zero-order valence-electron chi connectivity index (χ0n) is 15.4. The number of methoxy groups -OCH3 is 1. The number of benzene rings is 2. The second kappa shape index (κ2) is 8.63. The average Bonchev–Trinajstić information content (AvgIpc) is 2.68. The largest absolute Gasteiger partial charge is 0.465 e. The summed E-state index contributed by atoms with van der Waals surface area (Å²) >= 11 is 0. The lowest BCUT2D eigenvalue weighted by atomic mass is 10.2. The third-order valence-corrected chi connectivity index (χ3v) is 3.69. The van der Waals surface area contributed by atoms with Crippen LogP contribution in [0.5, 0.6) is 0 Å². The monoisotopic (exact) mass is 377 g/mol. The number of aromatic nitrogens is 2. The first-order valence-electron chi connectivity index (χ1n) is 8.47. The Morgan fingerprint density at radius 3 is 2.54 bits per heavy atom. The highest BCUT2D eigenvalue weighted by molar-refractivity contribution is 5.96. The highest BCUT2D eigenvalue weighted by Crippen LogP contribution is 2.22. The number of amides is 1. The molecule has 0 saturated carbocycles. The van der Waals surface area contributed by atoms with Crippen molar-refractivity contribution in [1.82, 2.24) is 9.97 Å². The molecule has 0 unspecified atom stereocenters. The molecule has 0 fully saturated rings. The number of anilines is 5. The molecule has 8 heteroatoms. The summed E-state index contributed by atoms with van der Waals surface area (Å²) in [6, 6.07) is 15.9. The van der Waals surface area contributed by atoms with E-state index in [4.69, 9.17) is 4.74 Å². The van der Waals surface area contributed by atoms with Crippen LogP contribution < -0.4 is 16.0 Å². The summed E-state index contributed by atoms with van der Waals surface area (Å²) in [6.45, 7) is 1.45. The third-order valence-electron chi connectivity index (χ3n) is 3.69. The Labute approximate surface area is 162 Å². The summed E-state index contributed by atoms with van der Waals surface area (Å²) in [5, 5.41) is 8.92. The van der Waals surface area contributed by atoms with E-state index in [-0.39, 0.29) is 5.91 Å². The topological polar surface area (TPSA) is 105 Å². The van der Waals surface area contributed by atoms with E-state index in [0.717, 1.165) is 5.69 Å². The van der Waals surface area contributed by atoms with Crippen LogP contribution in [-0.2, 0) is 9.53 Å². The fourth-order valence-corrected chi connectivity index (χ4v) is 2.51. The van der Waals surface area contributed by atoms with E-state index in [0.29, 0.717) is 28.7 Å². The maximum Gasteiger partial charge on any atom is 0.339 e. The highest BCUT2D eigenvalue weighted by atomic mass is 16.5. The number of nitrogens with one attached hydrogen (secondary N) is 3. The molecule has 28 heavy (non-hydrogen) atoms. The number of esters is 1. The van der Waals surface area contributed by atoms with Crippen molar-refractivity contribution in [3.05, 3.63) is 66.4 Å². The van der Waals surface area contributed by atoms with E-state index in [1.54, 1.807) is 48.7 Å². The lowest BCUT2D eigenvalue weighted by molar-refractivity contribution is -0.114. The molecule has 3 N–H and O–H groups in total. The molecule has 2 aromatic carbocycles. The van der Waals surface area contributed by atoms with Gasteiger partial charge in [-0.05, 0) is 36.4 Å². The molecule has 0 radical (unpaired) electrons. The number of hydrogen-bond acceptors (Lipinski definition) is 7. The molecule has 3 aromatic rings. The molecule has 0 aliphatic heterocycles. The smallest absolute Gasteiger partial charge is 0.339 e. The second-order valence-electron chi connectivity index (χ2n) is 5.81. The number of ether oxygens (including phenoxy) is 1. The van der Waals surface area contributed by atoms with Gasteiger partial charge in [-0.2, -0.15) is 4.98 Å². The quantitative estimate of drug-likeness (QED) is 0.562. The number of para-hydroxylation sites is 1. The fraction of sp³-hybridized carbons (Fsp3) is 0.100. The van der Waals surface area contributed by atoms with Gasteiger partial charge in [0, 0.05) is 24.5 Å². The van der Waals surface area contributed by atoms with Crippen molar-refractivity contribution in [2.24, 2.45) is 0 Å². The minimum atomic E-state index is -0.452. The first-order valence-corrected chi connectivity index (χ1v) is 8.47. The second-order valence-corrected chi connectivity index (χ2v) is 5.81. The van der Waals surface area contributed by atoms with Crippen molar-refractivity contribution in [3.8, 4) is 0 Å². The van der Waals surface area contributed by atoms with Crippen LogP contribution in [0.25, 0.3) is 0 Å². The molecule has 1 amide bonds. The van der Waals surface area contributed by atoms with E-state index < -0.39 is 5.97 Å². The number of rotatable bonds is 6. The molecule has 1 aromatic heterocycles. The van der Waals surface area contributed by atoms with Crippen LogP contribution in [0.15, 0.2) is 60.8 Å². The van der Waals surface area contributed by atoms with Gasteiger partial charge in [-0.3, -0.25) is 4.79 Å². The van der Waals surface area contributed by atoms with Crippen molar-refractivity contribution in [1.29, 1.82) is 0 Å². The van der Waals surface area contributed by atoms with E-state index in [2.05, 4.69) is 25.9 Å². The Hall–Kier alpha value is -3.94. The molecule has 3 rings (SSSR count). The SMILES string of the molecule is COC(=O)c1ccccc1Nc1nccc(Nc2cccc(NC(C)=O)c2)n1. The summed E-state index contributed by atoms with van der Waals surface area (Å²) in [6.07, 6.45) is 1.59. The number of carbonyl (C=O) groups excluding carboxylic acids is 2. The molecular weight excluding hydrogens is 358 g/mol. The first-order chi connectivity index (χ1) is 13.5. The Morgan fingerprint density at radius 1 is 0.964 bits per heavy atom. The molecule has 0 aliphatic carbocycles. The summed E-state index contributed by atoms with van der Waals surface area (Å²) in [5.74, 6) is 0.273. The van der Waals surface area contributed by atoms with Crippen LogP contribution >= 0.6 is 0 Å². The zero-order valence-corrected chi connectivity index (χ0v) is 15.4. The predicted octanol–water partition coefficient (Wildman–Crippen LogP) is 3.71. The number of nitrogens with zero attached hydrogens (tertiary/aromatic N) is 2. The van der Waals surface area contributed by atoms with Crippen LogP contribution in [0.3, 0.4) is 0 Å². The van der Waals surface area contributed by atoms with Gasteiger partial charge in [0.15, 0.2) is 0 Å². The lowest BCUT2D eigenvalue weighted by Crippen LogP contribution is -2.07. The van der Waals surface area contributed by atoms with Crippen molar-refractivity contribution >= 4 is 40.7 Å². The van der Waals surface area contributed by atoms with Gasteiger partial charge in [0.1, 0.15) is 5.82 Å². The van der Waals surface area contributed by atoms with Crippen LogP contribution in [0, 0.1) is 0 Å². The third kappa shape index (κ3) is 4.82. The molecule has 0 aliphatic rings. The molecule has 0 atom stereocenters. The molecule has 1 heterocycles. The number of carbonyl (C=O) groups is 2. The van der Waals surface area contributed by atoms with E-state index in [1.165, 1.54) is 14.0 Å². The standard InChI is InChI=1S/C20H19N5O3/c1-13(26)22-14-6-5-7-15(12-14)23-18-10-11-21-20(25-18)24-17-9-4-3-8-16(17)19(27)28-2/h3-12H,1-2H3,(H,22,26)(H2,21,23,24,25). The molecular formula is C20H19N5O3. The Balaban J connectivity index is 1.79. The maximum absolute atomic E-state index is 11.9. The lowest BCUT2D eigenvalue weighted by Gasteiger charge is -2.11. The van der Waals surface area contributed by atoms with Crippen molar-refractivity contribution < 1.29 is 14.3 Å². The van der Waals surface area contributed by atoms with Gasteiger partial charge in [-0.15, -0.1) is 0 Å². The number of hydrogen-bond donors (Lipinski definition) is 3. The van der Waals surface area contributed by atoms with Crippen LogP contribution in [0.1, 0.15) is 17.3 Å². The van der Waals surface area contributed by atoms with Gasteiger partial charge in [-0.1, -0.05) is 18.2 Å². The van der Waals surface area contributed by atoms with Crippen LogP contribution in [-0.4, -0.2) is 29.0 Å². The van der Waals surface area contributed by atoms with Gasteiger partial charge in [-0.25, -0.2) is 9.78 Å². The van der Waals surface area contributed by atoms with Crippen molar-refractivity contribution in [2.45, 2.75) is 6.92 Å². The maximum atomic E-state index is 11.9. The summed E-state index contributed by atoms with van der Waals surface area (Å²) in [7, 11) is 1.33. The van der Waals surface area contributed by atoms with Gasteiger partial charge in [0.25, 0.3) is 0 Å². The van der Waals surface area contributed by atoms with Crippen LogP contribution in [0.2, 0.25) is 0 Å². The summed E-state index contributed by atoms with van der Waals surface area (Å²) < 4.78 is 4.79. The predicted molar refractivity (Wildman–Crippen MR) is 107 cm³/mol. The van der Waals surface area contributed by atoms with Gasteiger partial charge in [0.2, 0.25) is 11.9 Å².